The molecule has 0 saturated carbocycles. The van der Waals surface area contributed by atoms with E-state index in [1.165, 1.54) is 12.1 Å². The van der Waals surface area contributed by atoms with Crippen LogP contribution in [0.25, 0.3) is 0 Å². The third-order valence-electron chi connectivity index (χ3n) is 4.83. The largest absolute Gasteiger partial charge is 0.416 e. The van der Waals surface area contributed by atoms with E-state index in [2.05, 4.69) is 21.2 Å². The van der Waals surface area contributed by atoms with Gasteiger partial charge in [-0.3, -0.25) is 4.79 Å². The summed E-state index contributed by atoms with van der Waals surface area (Å²) in [5.74, 6) is -0.824. The molecular formula is C23H19BrClF3N2O3S. The summed E-state index contributed by atoms with van der Waals surface area (Å²) in [7, 11) is -4.08. The minimum absolute atomic E-state index is 0.0198. The number of halogens is 5. The van der Waals surface area contributed by atoms with Crippen molar-refractivity contribution < 1.29 is 26.4 Å². The molecule has 0 atom stereocenters. The number of hydrogen-bond donors (Lipinski definition) is 1. The van der Waals surface area contributed by atoms with Crippen molar-refractivity contribution >= 4 is 49.1 Å². The number of carbonyl (C=O) groups excluding carboxylic acids is 1. The standard InChI is InChI=1S/C23H19BrClF3N2O3S/c24-18-7-9-19(10-8-18)34(32,33)30(13-12-16-4-2-1-3-5-16)15-22(31)29-21-14-17(23(26,27)28)6-11-20(21)25/h1-11,14H,12-13,15H2,(H,29,31). The lowest BCUT2D eigenvalue weighted by molar-refractivity contribution is -0.137. The fraction of sp³-hybridized carbons (Fsp3) is 0.174. The van der Waals surface area contributed by atoms with E-state index >= 15 is 0 Å². The zero-order valence-electron chi connectivity index (χ0n) is 17.5. The molecule has 0 aliphatic carbocycles. The maximum absolute atomic E-state index is 13.3. The van der Waals surface area contributed by atoms with Gasteiger partial charge in [0.05, 0.1) is 27.7 Å². The molecule has 1 N–H and O–H groups in total. The van der Waals surface area contributed by atoms with Gasteiger partial charge in [-0.15, -0.1) is 0 Å². The first-order chi connectivity index (χ1) is 16.0. The Labute approximate surface area is 208 Å². The van der Waals surface area contributed by atoms with Crippen molar-refractivity contribution in [2.75, 3.05) is 18.4 Å². The fourth-order valence-electron chi connectivity index (χ4n) is 3.09. The lowest BCUT2D eigenvalue weighted by Crippen LogP contribution is -2.39. The molecule has 180 valence electrons. The normalized spacial score (nSPS) is 12.1. The first-order valence-corrected chi connectivity index (χ1v) is 12.5. The number of nitrogens with zero attached hydrogens (tertiary/aromatic N) is 1. The summed E-state index contributed by atoms with van der Waals surface area (Å²) >= 11 is 9.20. The SMILES string of the molecule is O=C(CN(CCc1ccccc1)S(=O)(=O)c1ccc(Br)cc1)Nc1cc(C(F)(F)F)ccc1Cl. The average Bonchev–Trinajstić information content (AvgIpc) is 2.78. The van der Waals surface area contributed by atoms with Crippen LogP contribution in [0.4, 0.5) is 18.9 Å². The number of anilines is 1. The molecule has 0 fully saturated rings. The minimum atomic E-state index is -4.63. The zero-order valence-corrected chi connectivity index (χ0v) is 20.7. The van der Waals surface area contributed by atoms with Crippen molar-refractivity contribution in [1.82, 2.24) is 4.31 Å². The Morgan fingerprint density at radius 1 is 1.00 bits per heavy atom. The van der Waals surface area contributed by atoms with Crippen LogP contribution in [0.15, 0.2) is 82.2 Å². The lowest BCUT2D eigenvalue weighted by atomic mass is 10.1. The summed E-state index contributed by atoms with van der Waals surface area (Å²) in [5.41, 5.74) is -0.388. The summed E-state index contributed by atoms with van der Waals surface area (Å²) in [6.07, 6.45) is -4.30. The first kappa shape index (κ1) is 26.2. The van der Waals surface area contributed by atoms with E-state index in [1.807, 2.05) is 30.3 Å². The molecular weight excluding hydrogens is 557 g/mol. The van der Waals surface area contributed by atoms with E-state index in [4.69, 9.17) is 11.6 Å². The highest BCUT2D eigenvalue weighted by molar-refractivity contribution is 9.10. The zero-order chi connectivity index (χ0) is 24.9. The second kappa shape index (κ2) is 10.9. The van der Waals surface area contributed by atoms with Gasteiger partial charge < -0.3 is 5.32 Å². The second-order valence-corrected chi connectivity index (χ2v) is 10.5. The lowest BCUT2D eigenvalue weighted by Gasteiger charge is -2.22. The van der Waals surface area contributed by atoms with E-state index < -0.39 is 34.2 Å². The van der Waals surface area contributed by atoms with Gasteiger partial charge in [0.25, 0.3) is 0 Å². The molecule has 0 aromatic heterocycles. The Morgan fingerprint density at radius 2 is 1.65 bits per heavy atom. The number of amides is 1. The summed E-state index contributed by atoms with van der Waals surface area (Å²) < 4.78 is 67.3. The van der Waals surface area contributed by atoms with Crippen LogP contribution in [0.1, 0.15) is 11.1 Å². The Bertz CT molecular complexity index is 1250. The van der Waals surface area contributed by atoms with Gasteiger partial charge in [0.1, 0.15) is 0 Å². The van der Waals surface area contributed by atoms with Crippen LogP contribution in [0, 0.1) is 0 Å². The molecule has 0 spiro atoms. The number of alkyl halides is 3. The highest BCUT2D eigenvalue weighted by Gasteiger charge is 2.31. The van der Waals surface area contributed by atoms with E-state index in [1.54, 1.807) is 12.1 Å². The van der Waals surface area contributed by atoms with Crippen LogP contribution in [0.5, 0.6) is 0 Å². The summed E-state index contributed by atoms with van der Waals surface area (Å²) in [6, 6.07) is 17.5. The number of sulfonamides is 1. The average molecular weight is 576 g/mol. The van der Waals surface area contributed by atoms with Crippen molar-refractivity contribution in [1.29, 1.82) is 0 Å². The molecule has 0 bridgehead atoms. The van der Waals surface area contributed by atoms with E-state index in [0.29, 0.717) is 17.0 Å². The van der Waals surface area contributed by atoms with Gasteiger partial charge in [0.2, 0.25) is 15.9 Å². The molecule has 0 unspecified atom stereocenters. The molecule has 0 saturated heterocycles. The first-order valence-electron chi connectivity index (χ1n) is 9.93. The Balaban J connectivity index is 1.84. The Morgan fingerprint density at radius 3 is 2.26 bits per heavy atom. The number of nitrogens with one attached hydrogen (secondary N) is 1. The molecule has 0 aliphatic heterocycles. The van der Waals surface area contributed by atoms with Crippen LogP contribution in [0.3, 0.4) is 0 Å². The second-order valence-electron chi connectivity index (χ2n) is 7.27. The van der Waals surface area contributed by atoms with Crippen molar-refractivity contribution in [2.45, 2.75) is 17.5 Å². The van der Waals surface area contributed by atoms with Crippen molar-refractivity contribution in [3.05, 3.63) is 93.4 Å². The molecule has 3 aromatic rings. The summed E-state index contributed by atoms with van der Waals surface area (Å²) in [6.45, 7) is -0.635. The quantitative estimate of drug-likeness (QED) is 0.359. The van der Waals surface area contributed by atoms with E-state index in [-0.39, 0.29) is 22.2 Å². The molecule has 0 aliphatic rings. The predicted octanol–water partition coefficient (Wildman–Crippen LogP) is 5.99. The summed E-state index contributed by atoms with van der Waals surface area (Å²) in [5, 5.41) is 2.20. The molecule has 0 radical (unpaired) electrons. The van der Waals surface area contributed by atoms with E-state index in [9.17, 15) is 26.4 Å². The highest BCUT2D eigenvalue weighted by Crippen LogP contribution is 2.33. The van der Waals surface area contributed by atoms with Gasteiger partial charge in [-0.1, -0.05) is 57.9 Å². The van der Waals surface area contributed by atoms with Crippen LogP contribution < -0.4 is 5.32 Å². The number of carbonyl (C=O) groups is 1. The van der Waals surface area contributed by atoms with Gasteiger partial charge in [-0.2, -0.15) is 17.5 Å². The molecule has 1 amide bonds. The molecule has 5 nitrogen and oxygen atoms in total. The molecule has 3 aromatic carbocycles. The van der Waals surface area contributed by atoms with Crippen molar-refractivity contribution in [3.8, 4) is 0 Å². The Hall–Kier alpha value is -2.40. The smallest absolute Gasteiger partial charge is 0.324 e. The van der Waals surface area contributed by atoms with Crippen molar-refractivity contribution in [3.63, 3.8) is 0 Å². The minimum Gasteiger partial charge on any atom is -0.324 e. The highest BCUT2D eigenvalue weighted by atomic mass is 79.9. The van der Waals surface area contributed by atoms with E-state index in [0.717, 1.165) is 22.0 Å². The monoisotopic (exact) mass is 574 g/mol. The van der Waals surface area contributed by atoms with Crippen LogP contribution in [0.2, 0.25) is 5.02 Å². The molecule has 11 heteroatoms. The topological polar surface area (TPSA) is 66.5 Å². The fourth-order valence-corrected chi connectivity index (χ4v) is 4.91. The van der Waals surface area contributed by atoms with Gasteiger partial charge in [0, 0.05) is 11.0 Å². The number of benzene rings is 3. The Kier molecular flexibility index (Phi) is 8.40. The van der Waals surface area contributed by atoms with Crippen LogP contribution >= 0.6 is 27.5 Å². The maximum Gasteiger partial charge on any atom is 0.416 e. The third-order valence-corrected chi connectivity index (χ3v) is 7.55. The maximum atomic E-state index is 13.3. The number of rotatable bonds is 8. The van der Waals surface area contributed by atoms with Gasteiger partial charge in [-0.25, -0.2) is 8.42 Å². The molecule has 0 heterocycles. The van der Waals surface area contributed by atoms with Gasteiger partial charge in [0.15, 0.2) is 0 Å². The predicted molar refractivity (Wildman–Crippen MR) is 128 cm³/mol. The van der Waals surface area contributed by atoms with Crippen LogP contribution in [-0.2, 0) is 27.4 Å². The van der Waals surface area contributed by atoms with Crippen LogP contribution in [-0.4, -0.2) is 31.7 Å². The van der Waals surface area contributed by atoms with Gasteiger partial charge >= 0.3 is 6.18 Å². The van der Waals surface area contributed by atoms with Gasteiger partial charge in [-0.05, 0) is 54.4 Å². The summed E-state index contributed by atoms with van der Waals surface area (Å²) in [4.78, 5) is 12.7. The molecule has 34 heavy (non-hydrogen) atoms. The molecule has 3 rings (SSSR count). The number of hydrogen-bond acceptors (Lipinski definition) is 3. The third kappa shape index (κ3) is 6.82. The van der Waals surface area contributed by atoms with Crippen molar-refractivity contribution in [2.24, 2.45) is 0 Å².